The Balaban J connectivity index is 1.54. The maximum atomic E-state index is 12.1. The molecule has 9 heteroatoms. The maximum Gasteiger partial charge on any atom is 0.281 e. The van der Waals surface area contributed by atoms with Crippen LogP contribution in [0.1, 0.15) is 10.4 Å². The number of carbonyl (C=O) groups is 2. The van der Waals surface area contributed by atoms with E-state index < -0.39 is 11.8 Å². The number of thiazole rings is 1. The van der Waals surface area contributed by atoms with Crippen LogP contribution in [0.15, 0.2) is 52.9 Å². The molecule has 2 amide bonds. The molecular formula is C15H13N5O3S. The van der Waals surface area contributed by atoms with Crippen LogP contribution in [-0.2, 0) is 4.79 Å². The highest BCUT2D eigenvalue weighted by molar-refractivity contribution is 7.15. The van der Waals surface area contributed by atoms with Crippen LogP contribution >= 0.6 is 11.3 Å². The highest BCUT2D eigenvalue weighted by Gasteiger charge is 2.09. The van der Waals surface area contributed by atoms with Gasteiger partial charge in [0.05, 0.1) is 12.7 Å². The minimum atomic E-state index is -0.492. The fourth-order valence-corrected chi connectivity index (χ4v) is 2.63. The summed E-state index contributed by atoms with van der Waals surface area (Å²) in [5.41, 5.74) is 4.92. The van der Waals surface area contributed by atoms with Crippen molar-refractivity contribution >= 4 is 33.8 Å². The first-order chi connectivity index (χ1) is 11.6. The molecule has 122 valence electrons. The van der Waals surface area contributed by atoms with Crippen molar-refractivity contribution in [1.82, 2.24) is 20.2 Å². The van der Waals surface area contributed by atoms with Crippen LogP contribution in [0, 0.1) is 0 Å². The van der Waals surface area contributed by atoms with E-state index in [0.29, 0.717) is 10.5 Å². The Morgan fingerprint density at radius 3 is 2.75 bits per heavy atom. The van der Waals surface area contributed by atoms with Gasteiger partial charge in [0.15, 0.2) is 4.96 Å². The average Bonchev–Trinajstić information content (AvgIpc) is 3.09. The van der Waals surface area contributed by atoms with Gasteiger partial charge in [0.2, 0.25) is 0 Å². The Morgan fingerprint density at radius 1 is 1.17 bits per heavy atom. The fourth-order valence-electron chi connectivity index (χ4n) is 1.95. The van der Waals surface area contributed by atoms with Crippen molar-refractivity contribution in [3.63, 3.8) is 0 Å². The van der Waals surface area contributed by atoms with Crippen LogP contribution in [-0.4, -0.2) is 27.7 Å². The number of nitrogens with zero attached hydrogens (tertiary/aromatic N) is 2. The number of amides is 2. The third kappa shape index (κ3) is 3.41. The van der Waals surface area contributed by atoms with Crippen LogP contribution in [0.25, 0.3) is 4.96 Å². The van der Waals surface area contributed by atoms with Gasteiger partial charge in [-0.05, 0) is 12.1 Å². The van der Waals surface area contributed by atoms with Gasteiger partial charge in [-0.2, -0.15) is 0 Å². The summed E-state index contributed by atoms with van der Waals surface area (Å²) in [6, 6.07) is 8.49. The summed E-state index contributed by atoms with van der Waals surface area (Å²) in [5.74, 6) is -0.917. The summed E-state index contributed by atoms with van der Waals surface area (Å²) < 4.78 is 1.39. The molecule has 0 saturated carbocycles. The lowest BCUT2D eigenvalue weighted by Crippen LogP contribution is -2.44. The third-order valence-electron chi connectivity index (χ3n) is 3.13. The van der Waals surface area contributed by atoms with Gasteiger partial charge in [-0.1, -0.05) is 18.2 Å². The molecule has 0 radical (unpaired) electrons. The van der Waals surface area contributed by atoms with Crippen molar-refractivity contribution in [3.8, 4) is 0 Å². The zero-order chi connectivity index (χ0) is 16.9. The van der Waals surface area contributed by atoms with Gasteiger partial charge in [0.25, 0.3) is 17.4 Å². The summed E-state index contributed by atoms with van der Waals surface area (Å²) in [6.07, 6.45) is 2.99. The number of hydrogen-bond acceptors (Lipinski definition) is 6. The number of benzene rings is 1. The van der Waals surface area contributed by atoms with Crippen molar-refractivity contribution in [1.29, 1.82) is 0 Å². The van der Waals surface area contributed by atoms with E-state index in [9.17, 15) is 14.4 Å². The van der Waals surface area contributed by atoms with E-state index >= 15 is 0 Å². The Kier molecular flexibility index (Phi) is 4.52. The zero-order valence-electron chi connectivity index (χ0n) is 12.4. The Morgan fingerprint density at radius 2 is 1.96 bits per heavy atom. The van der Waals surface area contributed by atoms with Crippen LogP contribution in [0.4, 0.5) is 5.69 Å². The molecule has 0 aliphatic carbocycles. The first-order valence-electron chi connectivity index (χ1n) is 6.98. The van der Waals surface area contributed by atoms with Crippen molar-refractivity contribution in [2.24, 2.45) is 0 Å². The molecule has 3 rings (SSSR count). The van der Waals surface area contributed by atoms with E-state index in [-0.39, 0.29) is 17.8 Å². The molecule has 0 atom stereocenters. The second-order valence-electron chi connectivity index (χ2n) is 4.75. The van der Waals surface area contributed by atoms with E-state index in [1.807, 2.05) is 0 Å². The van der Waals surface area contributed by atoms with Gasteiger partial charge in [-0.15, -0.1) is 11.3 Å². The van der Waals surface area contributed by atoms with Crippen LogP contribution in [0.5, 0.6) is 0 Å². The Hall–Kier alpha value is -3.20. The highest BCUT2D eigenvalue weighted by atomic mass is 32.1. The van der Waals surface area contributed by atoms with Gasteiger partial charge < -0.3 is 5.32 Å². The number of rotatable bonds is 4. The van der Waals surface area contributed by atoms with Gasteiger partial charge in [0, 0.05) is 17.1 Å². The zero-order valence-corrected chi connectivity index (χ0v) is 13.2. The number of carbonyl (C=O) groups excluding carboxylic acids is 2. The molecule has 8 nitrogen and oxygen atoms in total. The van der Waals surface area contributed by atoms with E-state index in [1.165, 1.54) is 21.9 Å². The number of nitrogens with one attached hydrogen (secondary N) is 3. The number of hydrogen-bond donors (Lipinski definition) is 3. The van der Waals surface area contributed by atoms with Crippen molar-refractivity contribution in [3.05, 3.63) is 64.0 Å². The van der Waals surface area contributed by atoms with Gasteiger partial charge >= 0.3 is 0 Å². The van der Waals surface area contributed by atoms with E-state index in [2.05, 4.69) is 21.2 Å². The quantitative estimate of drug-likeness (QED) is 0.603. The molecule has 0 unspecified atom stereocenters. The third-order valence-corrected chi connectivity index (χ3v) is 3.90. The largest absolute Gasteiger partial charge is 0.370 e. The molecule has 0 aliphatic heterocycles. The summed E-state index contributed by atoms with van der Waals surface area (Å²) >= 11 is 1.34. The van der Waals surface area contributed by atoms with Crippen LogP contribution in [0.2, 0.25) is 0 Å². The van der Waals surface area contributed by atoms with Crippen LogP contribution in [0.3, 0.4) is 0 Å². The highest BCUT2D eigenvalue weighted by Crippen LogP contribution is 2.07. The van der Waals surface area contributed by atoms with Gasteiger partial charge in [-0.25, -0.2) is 4.98 Å². The summed E-state index contributed by atoms with van der Waals surface area (Å²) in [7, 11) is 0. The summed E-state index contributed by atoms with van der Waals surface area (Å²) in [6.45, 7) is -0.178. The van der Waals surface area contributed by atoms with E-state index in [4.69, 9.17) is 0 Å². The molecule has 3 aromatic rings. The van der Waals surface area contributed by atoms with Gasteiger partial charge in [-0.3, -0.25) is 29.6 Å². The lowest BCUT2D eigenvalue weighted by Gasteiger charge is -2.08. The molecule has 0 saturated heterocycles. The van der Waals surface area contributed by atoms with Crippen LogP contribution < -0.4 is 21.7 Å². The second-order valence-corrected chi connectivity index (χ2v) is 5.63. The molecular weight excluding hydrogens is 330 g/mol. The first-order valence-corrected chi connectivity index (χ1v) is 7.86. The fraction of sp³-hybridized carbons (Fsp3) is 0.0667. The maximum absolute atomic E-state index is 12.1. The molecule has 0 spiro atoms. The topological polar surface area (TPSA) is 105 Å². The molecule has 2 aromatic heterocycles. The molecule has 0 bridgehead atoms. The minimum absolute atomic E-state index is 0.178. The SMILES string of the molecule is O=C(CNc1cnc2sccn2c1=O)NNC(=O)c1ccccc1. The van der Waals surface area contributed by atoms with Crippen molar-refractivity contribution in [2.75, 3.05) is 11.9 Å². The molecule has 0 aliphatic rings. The standard InChI is InChI=1S/C15H13N5O3S/c21-12(18-19-13(22)10-4-2-1-3-5-10)9-16-11-8-17-15-20(14(11)23)6-7-24-15/h1-8,16H,9H2,(H,18,21)(H,19,22). The molecule has 1 aromatic carbocycles. The first kappa shape index (κ1) is 15.7. The number of fused-ring (bicyclic) bond motifs is 1. The number of hydrazine groups is 1. The molecule has 3 N–H and O–H groups in total. The molecule has 0 fully saturated rings. The van der Waals surface area contributed by atoms with Crippen molar-refractivity contribution in [2.45, 2.75) is 0 Å². The Bertz CT molecular complexity index is 935. The summed E-state index contributed by atoms with van der Waals surface area (Å²) in [5, 5.41) is 4.45. The monoisotopic (exact) mass is 343 g/mol. The normalized spacial score (nSPS) is 10.3. The molecule has 2 heterocycles. The second kappa shape index (κ2) is 6.92. The predicted molar refractivity (Wildman–Crippen MR) is 89.9 cm³/mol. The minimum Gasteiger partial charge on any atom is -0.370 e. The lowest BCUT2D eigenvalue weighted by molar-refractivity contribution is -0.120. The average molecular weight is 343 g/mol. The van der Waals surface area contributed by atoms with E-state index in [1.54, 1.807) is 41.9 Å². The smallest absolute Gasteiger partial charge is 0.281 e. The lowest BCUT2D eigenvalue weighted by atomic mass is 10.2. The predicted octanol–water partition coefficient (Wildman–Crippen LogP) is 0.629. The van der Waals surface area contributed by atoms with E-state index in [0.717, 1.165) is 0 Å². The molecule has 24 heavy (non-hydrogen) atoms. The van der Waals surface area contributed by atoms with Crippen molar-refractivity contribution < 1.29 is 9.59 Å². The number of aromatic nitrogens is 2. The Labute approximate surface area is 140 Å². The number of anilines is 1. The summed E-state index contributed by atoms with van der Waals surface area (Å²) in [4.78, 5) is 40.4. The van der Waals surface area contributed by atoms with Gasteiger partial charge in [0.1, 0.15) is 5.69 Å².